The fourth-order valence-corrected chi connectivity index (χ4v) is 2.93. The molecule has 6 nitrogen and oxygen atoms in total. The summed E-state index contributed by atoms with van der Waals surface area (Å²) in [4.78, 5) is 13.6. The Bertz CT molecular complexity index is 607. The Kier molecular flexibility index (Phi) is 6.06. The van der Waals surface area contributed by atoms with Gasteiger partial charge in [-0.05, 0) is 49.7 Å². The molecule has 0 aliphatic carbocycles. The molecule has 1 heterocycles. The molecule has 1 fully saturated rings. The predicted octanol–water partition coefficient (Wildman–Crippen LogP) is 2.43. The molecule has 2 atom stereocenters. The van der Waals surface area contributed by atoms with Crippen LogP contribution in [0.1, 0.15) is 32.8 Å². The Balaban J connectivity index is 1.91. The Morgan fingerprint density at radius 1 is 1.40 bits per heavy atom. The average molecular weight is 347 g/mol. The first kappa shape index (κ1) is 19.2. The molecule has 1 aromatic rings. The maximum absolute atomic E-state index is 11.4. The van der Waals surface area contributed by atoms with E-state index in [0.29, 0.717) is 17.6 Å². The van der Waals surface area contributed by atoms with Crippen molar-refractivity contribution < 1.29 is 14.6 Å². The zero-order valence-corrected chi connectivity index (χ0v) is 15.5. The van der Waals surface area contributed by atoms with E-state index in [1.54, 1.807) is 12.1 Å². The molecular weight excluding hydrogens is 318 g/mol. The van der Waals surface area contributed by atoms with Crippen LogP contribution in [0.15, 0.2) is 24.3 Å². The number of carbonyl (C=O) groups is 1. The summed E-state index contributed by atoms with van der Waals surface area (Å²) in [6.45, 7) is 7.81. The maximum Gasteiger partial charge on any atom is 0.310 e. The third kappa shape index (κ3) is 5.46. The lowest BCUT2D eigenvalue weighted by Gasteiger charge is -2.26. The van der Waals surface area contributed by atoms with E-state index in [2.05, 4.69) is 17.3 Å². The average Bonchev–Trinajstić information content (AvgIpc) is 2.91. The van der Waals surface area contributed by atoms with Crippen molar-refractivity contribution in [3.63, 3.8) is 0 Å². The standard InChI is InChI=1S/C19H29N3O3/c1-19(2,3)16(18(23)24)12-25-15-7-5-13(6-8-15)17(20)21-14-9-10-22(4)11-14/h5-8,14,16H,9-12H2,1-4H3,(H2,20,21)(H,23,24)/t14-,16-/m0/s1. The van der Waals surface area contributed by atoms with Gasteiger partial charge in [0.15, 0.2) is 0 Å². The van der Waals surface area contributed by atoms with Crippen LogP contribution in [0.5, 0.6) is 5.75 Å². The van der Waals surface area contributed by atoms with Crippen LogP contribution < -0.4 is 10.1 Å². The number of nitrogens with one attached hydrogen (secondary N) is 2. The number of likely N-dealkylation sites (tertiary alicyclic amines) is 1. The van der Waals surface area contributed by atoms with Gasteiger partial charge in [-0.15, -0.1) is 0 Å². The smallest absolute Gasteiger partial charge is 0.310 e. The maximum atomic E-state index is 11.4. The molecule has 0 amide bonds. The first-order valence-corrected chi connectivity index (χ1v) is 8.66. The Labute approximate surface area is 149 Å². The zero-order valence-electron chi connectivity index (χ0n) is 15.5. The van der Waals surface area contributed by atoms with E-state index >= 15 is 0 Å². The van der Waals surface area contributed by atoms with Crippen LogP contribution >= 0.6 is 0 Å². The Hall–Kier alpha value is -2.08. The molecule has 1 aromatic carbocycles. The molecule has 2 rings (SSSR count). The number of amidine groups is 1. The minimum Gasteiger partial charge on any atom is -0.493 e. The van der Waals surface area contributed by atoms with Gasteiger partial charge < -0.3 is 20.1 Å². The van der Waals surface area contributed by atoms with E-state index in [1.165, 1.54) is 0 Å². The van der Waals surface area contributed by atoms with Crippen LogP contribution in [0.4, 0.5) is 0 Å². The lowest BCUT2D eigenvalue weighted by atomic mass is 9.81. The van der Waals surface area contributed by atoms with Gasteiger partial charge in [-0.25, -0.2) is 0 Å². The van der Waals surface area contributed by atoms with Crippen molar-refractivity contribution in [3.8, 4) is 5.75 Å². The molecule has 0 bridgehead atoms. The number of rotatable bonds is 6. The number of likely N-dealkylation sites (N-methyl/N-ethyl adjacent to an activating group) is 1. The highest BCUT2D eigenvalue weighted by atomic mass is 16.5. The van der Waals surface area contributed by atoms with Gasteiger partial charge in [0.2, 0.25) is 0 Å². The first-order chi connectivity index (χ1) is 11.7. The van der Waals surface area contributed by atoms with E-state index in [1.807, 2.05) is 32.9 Å². The molecule has 0 aromatic heterocycles. The molecule has 1 aliphatic heterocycles. The summed E-state index contributed by atoms with van der Waals surface area (Å²) in [5, 5.41) is 20.8. The van der Waals surface area contributed by atoms with Gasteiger partial charge in [0.05, 0.1) is 5.92 Å². The van der Waals surface area contributed by atoms with Crippen molar-refractivity contribution in [2.75, 3.05) is 26.7 Å². The second-order valence-corrected chi connectivity index (χ2v) is 7.86. The van der Waals surface area contributed by atoms with Crippen LogP contribution in [-0.4, -0.2) is 54.6 Å². The minimum atomic E-state index is -0.850. The lowest BCUT2D eigenvalue weighted by molar-refractivity contribution is -0.146. The molecular formula is C19H29N3O3. The van der Waals surface area contributed by atoms with E-state index in [0.717, 1.165) is 25.1 Å². The van der Waals surface area contributed by atoms with Crippen molar-refractivity contribution in [2.24, 2.45) is 11.3 Å². The van der Waals surface area contributed by atoms with E-state index in [-0.39, 0.29) is 12.0 Å². The molecule has 25 heavy (non-hydrogen) atoms. The van der Waals surface area contributed by atoms with Crippen LogP contribution in [-0.2, 0) is 4.79 Å². The fraction of sp³-hybridized carbons (Fsp3) is 0.579. The normalized spacial score (nSPS) is 19.4. The van der Waals surface area contributed by atoms with E-state index in [4.69, 9.17) is 10.1 Å². The first-order valence-electron chi connectivity index (χ1n) is 8.66. The third-order valence-electron chi connectivity index (χ3n) is 4.64. The van der Waals surface area contributed by atoms with E-state index in [9.17, 15) is 9.90 Å². The number of benzene rings is 1. The van der Waals surface area contributed by atoms with Gasteiger partial charge in [-0.3, -0.25) is 10.2 Å². The number of carboxylic acids is 1. The SMILES string of the molecule is CN1CC[C@H](NC(=N)c2ccc(OC[C@@H](C(=O)O)C(C)(C)C)cc2)C1. The van der Waals surface area contributed by atoms with E-state index < -0.39 is 11.9 Å². The highest BCUT2D eigenvalue weighted by Crippen LogP contribution is 2.27. The van der Waals surface area contributed by atoms with Crippen molar-refractivity contribution in [1.29, 1.82) is 5.41 Å². The monoisotopic (exact) mass is 347 g/mol. The molecule has 6 heteroatoms. The molecule has 0 radical (unpaired) electrons. The zero-order chi connectivity index (χ0) is 18.6. The van der Waals surface area contributed by atoms with Gasteiger partial charge in [0, 0.05) is 18.2 Å². The summed E-state index contributed by atoms with van der Waals surface area (Å²) < 4.78 is 5.66. The van der Waals surface area contributed by atoms with Crippen LogP contribution in [0.2, 0.25) is 0 Å². The molecule has 3 N–H and O–H groups in total. The van der Waals surface area contributed by atoms with Crippen molar-refractivity contribution in [3.05, 3.63) is 29.8 Å². The van der Waals surface area contributed by atoms with Crippen molar-refractivity contribution in [1.82, 2.24) is 10.2 Å². The number of carboxylic acid groups (broad SMARTS) is 1. The van der Waals surface area contributed by atoms with Gasteiger partial charge in [-0.2, -0.15) is 0 Å². The second-order valence-electron chi connectivity index (χ2n) is 7.86. The fourth-order valence-electron chi connectivity index (χ4n) is 2.93. The molecule has 0 spiro atoms. The summed E-state index contributed by atoms with van der Waals surface area (Å²) in [5.41, 5.74) is 0.430. The number of hydrogen-bond donors (Lipinski definition) is 3. The van der Waals surface area contributed by atoms with Gasteiger partial charge >= 0.3 is 5.97 Å². The highest BCUT2D eigenvalue weighted by Gasteiger charge is 2.31. The van der Waals surface area contributed by atoms with Gasteiger partial charge in [-0.1, -0.05) is 20.8 Å². The summed E-state index contributed by atoms with van der Waals surface area (Å²) in [6, 6.07) is 7.55. The largest absolute Gasteiger partial charge is 0.493 e. The summed E-state index contributed by atoms with van der Waals surface area (Å²) in [7, 11) is 2.08. The molecule has 1 saturated heterocycles. The third-order valence-corrected chi connectivity index (χ3v) is 4.64. The minimum absolute atomic E-state index is 0.127. The molecule has 138 valence electrons. The molecule has 1 aliphatic rings. The quantitative estimate of drug-likeness (QED) is 0.543. The van der Waals surface area contributed by atoms with Gasteiger partial charge in [0.25, 0.3) is 0 Å². The molecule has 0 unspecified atom stereocenters. The molecule has 0 saturated carbocycles. The highest BCUT2D eigenvalue weighted by molar-refractivity contribution is 5.96. The van der Waals surface area contributed by atoms with Crippen molar-refractivity contribution in [2.45, 2.75) is 33.2 Å². The number of aliphatic carboxylic acids is 1. The summed E-state index contributed by atoms with van der Waals surface area (Å²) in [5.74, 6) is -0.402. The summed E-state index contributed by atoms with van der Waals surface area (Å²) in [6.07, 6.45) is 1.05. The predicted molar refractivity (Wildman–Crippen MR) is 98.4 cm³/mol. The topological polar surface area (TPSA) is 85.7 Å². The number of hydrogen-bond acceptors (Lipinski definition) is 4. The van der Waals surface area contributed by atoms with Crippen LogP contribution in [0.3, 0.4) is 0 Å². The second kappa shape index (κ2) is 7.87. The van der Waals surface area contributed by atoms with Crippen LogP contribution in [0, 0.1) is 16.7 Å². The lowest BCUT2D eigenvalue weighted by Crippen LogP contribution is -2.36. The Morgan fingerprint density at radius 2 is 2.04 bits per heavy atom. The van der Waals surface area contributed by atoms with Crippen molar-refractivity contribution >= 4 is 11.8 Å². The summed E-state index contributed by atoms with van der Waals surface area (Å²) >= 11 is 0. The number of nitrogens with zero attached hydrogens (tertiary/aromatic N) is 1. The van der Waals surface area contributed by atoms with Gasteiger partial charge in [0.1, 0.15) is 18.2 Å². The Morgan fingerprint density at radius 3 is 2.52 bits per heavy atom. The number of ether oxygens (including phenoxy) is 1. The van der Waals surface area contributed by atoms with Crippen LogP contribution in [0.25, 0.3) is 0 Å².